The van der Waals surface area contributed by atoms with Gasteiger partial charge in [0.25, 0.3) is 0 Å². The number of halogens is 3. The highest BCUT2D eigenvalue weighted by Gasteiger charge is 2.23. The van der Waals surface area contributed by atoms with Crippen molar-refractivity contribution < 1.29 is 31.4 Å². The summed E-state index contributed by atoms with van der Waals surface area (Å²) >= 11 is 0. The van der Waals surface area contributed by atoms with E-state index >= 15 is 0 Å². The highest BCUT2D eigenvalue weighted by molar-refractivity contribution is 7.89. The lowest BCUT2D eigenvalue weighted by Crippen LogP contribution is -2.28. The Hall–Kier alpha value is -1.16. The van der Waals surface area contributed by atoms with Crippen LogP contribution in [0.25, 0.3) is 0 Å². The molecule has 19 heavy (non-hydrogen) atoms. The molecule has 0 amide bonds. The molecule has 2 N–H and O–H groups in total. The molecule has 0 radical (unpaired) electrons. The molecule has 1 aromatic carbocycles. The van der Waals surface area contributed by atoms with Crippen LogP contribution in [0.4, 0.5) is 13.2 Å². The lowest BCUT2D eigenvalue weighted by molar-refractivity contribution is 0.0961. The zero-order valence-electron chi connectivity index (χ0n) is 9.70. The van der Waals surface area contributed by atoms with E-state index in [1.54, 1.807) is 0 Å². The number of rotatable bonds is 7. The summed E-state index contributed by atoms with van der Waals surface area (Å²) in [6, 6.07) is 1.15. The molecule has 9 heteroatoms. The zero-order chi connectivity index (χ0) is 14.5. The van der Waals surface area contributed by atoms with Crippen LogP contribution in [0, 0.1) is 17.5 Å². The van der Waals surface area contributed by atoms with Gasteiger partial charge >= 0.3 is 0 Å². The Kier molecular flexibility index (Phi) is 5.73. The van der Waals surface area contributed by atoms with Gasteiger partial charge in [0, 0.05) is 6.54 Å². The Bertz CT molecular complexity index is 536. The van der Waals surface area contributed by atoms with Gasteiger partial charge in [-0.1, -0.05) is 0 Å². The van der Waals surface area contributed by atoms with Crippen LogP contribution in [-0.2, 0) is 14.8 Å². The summed E-state index contributed by atoms with van der Waals surface area (Å²) < 4.78 is 68.8. The maximum atomic E-state index is 13.3. The average molecular weight is 299 g/mol. The molecular weight excluding hydrogens is 287 g/mol. The summed E-state index contributed by atoms with van der Waals surface area (Å²) in [4.78, 5) is -0.978. The molecule has 0 aliphatic heterocycles. The van der Waals surface area contributed by atoms with Gasteiger partial charge in [0.1, 0.15) is 4.90 Å². The lowest BCUT2D eigenvalue weighted by Gasteiger charge is -2.08. The molecule has 5 nitrogen and oxygen atoms in total. The molecule has 0 aliphatic rings. The summed E-state index contributed by atoms with van der Waals surface area (Å²) in [5.41, 5.74) is 0. The van der Waals surface area contributed by atoms with Crippen LogP contribution < -0.4 is 4.72 Å². The van der Waals surface area contributed by atoms with E-state index in [2.05, 4.69) is 0 Å². The van der Waals surface area contributed by atoms with Gasteiger partial charge in [0.2, 0.25) is 10.0 Å². The summed E-state index contributed by atoms with van der Waals surface area (Å²) in [5, 5.41) is 8.41. The van der Waals surface area contributed by atoms with Crippen LogP contribution in [0.2, 0.25) is 0 Å². The van der Waals surface area contributed by atoms with Crippen molar-refractivity contribution in [2.24, 2.45) is 0 Å². The van der Waals surface area contributed by atoms with Gasteiger partial charge in [-0.25, -0.2) is 26.3 Å². The van der Waals surface area contributed by atoms with E-state index in [9.17, 15) is 21.6 Å². The van der Waals surface area contributed by atoms with E-state index in [1.165, 1.54) is 0 Å². The summed E-state index contributed by atoms with van der Waals surface area (Å²) in [5.74, 6) is -5.09. The molecule has 0 saturated carbocycles. The largest absolute Gasteiger partial charge is 0.394 e. The Morgan fingerprint density at radius 2 is 1.84 bits per heavy atom. The van der Waals surface area contributed by atoms with E-state index in [0.717, 1.165) is 0 Å². The van der Waals surface area contributed by atoms with Gasteiger partial charge in [0.05, 0.1) is 19.8 Å². The van der Waals surface area contributed by atoms with Crippen molar-refractivity contribution in [1.82, 2.24) is 4.72 Å². The van der Waals surface area contributed by atoms with Gasteiger partial charge in [-0.15, -0.1) is 0 Å². The Morgan fingerprint density at radius 3 is 2.47 bits per heavy atom. The molecule has 1 rings (SSSR count). The molecule has 0 bridgehead atoms. The molecule has 0 atom stereocenters. The fourth-order valence-electron chi connectivity index (χ4n) is 1.21. The minimum absolute atomic E-state index is 0.0290. The molecule has 0 aromatic heterocycles. The first-order valence-electron chi connectivity index (χ1n) is 5.22. The van der Waals surface area contributed by atoms with Crippen LogP contribution >= 0.6 is 0 Å². The number of hydrogen-bond donors (Lipinski definition) is 2. The maximum absolute atomic E-state index is 13.3. The van der Waals surface area contributed by atoms with E-state index in [-0.39, 0.29) is 26.4 Å². The first kappa shape index (κ1) is 15.9. The monoisotopic (exact) mass is 299 g/mol. The summed E-state index contributed by atoms with van der Waals surface area (Å²) in [6.07, 6.45) is 0. The minimum Gasteiger partial charge on any atom is -0.394 e. The molecule has 0 fully saturated rings. The van der Waals surface area contributed by atoms with E-state index < -0.39 is 32.4 Å². The van der Waals surface area contributed by atoms with Gasteiger partial charge in [-0.2, -0.15) is 0 Å². The number of nitrogens with one attached hydrogen (secondary N) is 1. The lowest BCUT2D eigenvalue weighted by atomic mass is 10.3. The summed E-state index contributed by atoms with van der Waals surface area (Å²) in [7, 11) is -4.29. The fourth-order valence-corrected chi connectivity index (χ4v) is 2.29. The van der Waals surface area contributed by atoms with Crippen molar-refractivity contribution in [3.05, 3.63) is 29.6 Å². The molecule has 0 aliphatic carbocycles. The Morgan fingerprint density at radius 1 is 1.16 bits per heavy atom. The third-order valence-electron chi connectivity index (χ3n) is 2.06. The predicted molar refractivity (Wildman–Crippen MR) is 59.4 cm³/mol. The first-order valence-corrected chi connectivity index (χ1v) is 6.70. The van der Waals surface area contributed by atoms with Crippen LogP contribution in [-0.4, -0.2) is 39.9 Å². The van der Waals surface area contributed by atoms with E-state index in [4.69, 9.17) is 9.84 Å². The van der Waals surface area contributed by atoms with Crippen LogP contribution in [0.15, 0.2) is 17.0 Å². The normalized spacial score (nSPS) is 11.8. The van der Waals surface area contributed by atoms with Crippen molar-refractivity contribution in [2.75, 3.05) is 26.4 Å². The van der Waals surface area contributed by atoms with Crippen LogP contribution in [0.5, 0.6) is 0 Å². The number of hydrogen-bond acceptors (Lipinski definition) is 4. The zero-order valence-corrected chi connectivity index (χ0v) is 10.5. The highest BCUT2D eigenvalue weighted by Crippen LogP contribution is 2.19. The number of ether oxygens (including phenoxy) is 1. The number of benzene rings is 1. The molecule has 0 saturated heterocycles. The predicted octanol–water partition coefficient (Wildman–Crippen LogP) is 0.391. The van der Waals surface area contributed by atoms with Gasteiger partial charge in [0.15, 0.2) is 17.5 Å². The smallest absolute Gasteiger partial charge is 0.243 e. The molecule has 0 unspecified atom stereocenters. The molecule has 0 spiro atoms. The van der Waals surface area contributed by atoms with Crippen molar-refractivity contribution in [2.45, 2.75) is 4.90 Å². The average Bonchev–Trinajstić information content (AvgIpc) is 2.35. The second-order valence-electron chi connectivity index (χ2n) is 3.41. The quantitative estimate of drug-likeness (QED) is 0.564. The minimum atomic E-state index is -4.29. The van der Waals surface area contributed by atoms with E-state index in [1.807, 2.05) is 4.72 Å². The third kappa shape index (κ3) is 4.16. The molecular formula is C10H12F3NO4S. The fraction of sp³-hybridized carbons (Fsp3) is 0.400. The van der Waals surface area contributed by atoms with Crippen molar-refractivity contribution in [1.29, 1.82) is 0 Å². The van der Waals surface area contributed by atoms with Crippen LogP contribution in [0.3, 0.4) is 0 Å². The highest BCUT2D eigenvalue weighted by atomic mass is 32.2. The molecule has 0 heterocycles. The SMILES string of the molecule is O=S(=O)(NCCOCCO)c1ccc(F)c(F)c1F. The second-order valence-corrected chi connectivity index (χ2v) is 5.14. The van der Waals surface area contributed by atoms with Crippen molar-refractivity contribution in [3.8, 4) is 0 Å². The number of aliphatic hydroxyl groups excluding tert-OH is 1. The van der Waals surface area contributed by atoms with Crippen molar-refractivity contribution in [3.63, 3.8) is 0 Å². The third-order valence-corrected chi connectivity index (χ3v) is 3.54. The summed E-state index contributed by atoms with van der Waals surface area (Å²) in [6.45, 7) is -0.433. The Labute approximate surface area is 108 Å². The van der Waals surface area contributed by atoms with Crippen LogP contribution in [0.1, 0.15) is 0 Å². The van der Waals surface area contributed by atoms with Gasteiger partial charge in [-0.3, -0.25) is 0 Å². The number of sulfonamides is 1. The van der Waals surface area contributed by atoms with E-state index in [0.29, 0.717) is 12.1 Å². The number of aliphatic hydroxyl groups is 1. The van der Waals surface area contributed by atoms with Gasteiger partial charge < -0.3 is 9.84 Å². The van der Waals surface area contributed by atoms with Crippen molar-refractivity contribution >= 4 is 10.0 Å². The second kappa shape index (κ2) is 6.85. The topological polar surface area (TPSA) is 75.6 Å². The maximum Gasteiger partial charge on any atom is 0.243 e. The Balaban J connectivity index is 2.75. The molecule has 1 aromatic rings. The van der Waals surface area contributed by atoms with Gasteiger partial charge in [-0.05, 0) is 12.1 Å². The first-order chi connectivity index (χ1) is 8.90. The molecule has 108 valence electrons. The standard InChI is InChI=1S/C10H12F3NO4S/c11-7-1-2-8(10(13)9(7)12)19(16,17)14-3-5-18-6-4-15/h1-2,14-15H,3-6H2.